The Hall–Kier alpha value is -0.610. The van der Waals surface area contributed by atoms with Gasteiger partial charge in [0.05, 0.1) is 5.54 Å². The van der Waals surface area contributed by atoms with Gasteiger partial charge >= 0.3 is 0 Å². The predicted octanol–water partition coefficient (Wildman–Crippen LogP) is -0.0643. The van der Waals surface area contributed by atoms with Crippen LogP contribution in [0, 0.1) is 5.92 Å². The van der Waals surface area contributed by atoms with E-state index in [-0.39, 0.29) is 5.91 Å². The highest BCUT2D eigenvalue weighted by Gasteiger charge is 2.40. The van der Waals surface area contributed by atoms with Crippen LogP contribution in [-0.4, -0.2) is 43.0 Å². The zero-order valence-electron chi connectivity index (χ0n) is 9.46. The second kappa shape index (κ2) is 4.10. The lowest BCUT2D eigenvalue weighted by Gasteiger charge is -2.36. The van der Waals surface area contributed by atoms with Gasteiger partial charge in [0.15, 0.2) is 0 Å². The summed E-state index contributed by atoms with van der Waals surface area (Å²) >= 11 is 0. The van der Waals surface area contributed by atoms with Crippen molar-refractivity contribution in [1.29, 1.82) is 0 Å². The molecule has 86 valence electrons. The maximum atomic E-state index is 11.7. The number of nitrogens with two attached hydrogens (primary N) is 1. The molecule has 2 fully saturated rings. The van der Waals surface area contributed by atoms with Crippen molar-refractivity contribution in [2.45, 2.75) is 31.2 Å². The molecule has 2 rings (SSSR count). The Bertz CT molecular complexity index is 250. The lowest BCUT2D eigenvalue weighted by atomic mass is 9.77. The molecule has 0 aromatic carbocycles. The quantitative estimate of drug-likeness (QED) is 0.687. The normalized spacial score (nSPS) is 29.9. The average molecular weight is 211 g/mol. The number of likely N-dealkylation sites (tertiary alicyclic amines) is 1. The van der Waals surface area contributed by atoms with E-state index in [0.29, 0.717) is 5.92 Å². The van der Waals surface area contributed by atoms with Crippen molar-refractivity contribution in [3.05, 3.63) is 0 Å². The highest BCUT2D eigenvalue weighted by atomic mass is 16.2. The maximum Gasteiger partial charge on any atom is 0.240 e. The lowest BCUT2D eigenvalue weighted by Crippen LogP contribution is -2.59. The third-order valence-corrected chi connectivity index (χ3v) is 3.74. The van der Waals surface area contributed by atoms with E-state index >= 15 is 0 Å². The van der Waals surface area contributed by atoms with E-state index in [1.165, 1.54) is 6.42 Å². The van der Waals surface area contributed by atoms with Crippen LogP contribution in [0.2, 0.25) is 0 Å². The highest BCUT2D eigenvalue weighted by molar-refractivity contribution is 5.86. The summed E-state index contributed by atoms with van der Waals surface area (Å²) < 4.78 is 0. The fourth-order valence-electron chi connectivity index (χ4n) is 2.39. The van der Waals surface area contributed by atoms with Crippen LogP contribution >= 0.6 is 0 Å². The van der Waals surface area contributed by atoms with Crippen LogP contribution in [0.5, 0.6) is 0 Å². The van der Waals surface area contributed by atoms with Gasteiger partial charge in [-0.25, -0.2) is 0 Å². The Morgan fingerprint density at radius 3 is 2.80 bits per heavy atom. The summed E-state index contributed by atoms with van der Waals surface area (Å²) in [6, 6.07) is 0. The molecule has 1 saturated heterocycles. The number of nitrogens with zero attached hydrogens (tertiary/aromatic N) is 1. The third kappa shape index (κ3) is 2.32. The fourth-order valence-corrected chi connectivity index (χ4v) is 2.39. The van der Waals surface area contributed by atoms with Crippen molar-refractivity contribution >= 4 is 5.91 Å². The summed E-state index contributed by atoms with van der Waals surface area (Å²) in [5.41, 5.74) is 5.40. The van der Waals surface area contributed by atoms with Crippen molar-refractivity contribution in [2.24, 2.45) is 11.7 Å². The first-order valence-corrected chi connectivity index (χ1v) is 5.86. The van der Waals surface area contributed by atoms with Crippen molar-refractivity contribution in [3.63, 3.8) is 0 Å². The number of rotatable bonds is 3. The van der Waals surface area contributed by atoms with E-state index < -0.39 is 5.54 Å². The topological polar surface area (TPSA) is 58.4 Å². The minimum atomic E-state index is -0.537. The summed E-state index contributed by atoms with van der Waals surface area (Å²) in [6.07, 6.45) is 3.98. The Kier molecular flexibility index (Phi) is 2.98. The van der Waals surface area contributed by atoms with E-state index in [2.05, 4.69) is 17.3 Å². The van der Waals surface area contributed by atoms with Gasteiger partial charge in [-0.1, -0.05) is 0 Å². The zero-order valence-corrected chi connectivity index (χ0v) is 9.46. The number of amides is 1. The molecule has 0 radical (unpaired) electrons. The molecule has 2 aliphatic rings. The van der Waals surface area contributed by atoms with E-state index in [0.717, 1.165) is 38.9 Å². The molecule has 3 N–H and O–H groups in total. The molecule has 15 heavy (non-hydrogen) atoms. The molecule has 1 aliphatic carbocycles. The molecule has 0 bridgehead atoms. The van der Waals surface area contributed by atoms with Crippen molar-refractivity contribution < 1.29 is 4.79 Å². The minimum Gasteiger partial charge on any atom is -0.354 e. The number of nitrogens with one attached hydrogen (secondary N) is 1. The van der Waals surface area contributed by atoms with Gasteiger partial charge in [0, 0.05) is 13.1 Å². The molecule has 1 heterocycles. The standard InChI is InChI=1S/C11H21N3O/c1-14-6-3-9(8-14)7-13-10(15)11(12)4-2-5-11/h9H,2-8,12H2,1H3,(H,13,15)/t9-/m1/s1. The first-order chi connectivity index (χ1) is 7.10. The molecule has 0 aromatic heterocycles. The van der Waals surface area contributed by atoms with Crippen molar-refractivity contribution in [1.82, 2.24) is 10.2 Å². The van der Waals surface area contributed by atoms with Crippen LogP contribution in [0.3, 0.4) is 0 Å². The van der Waals surface area contributed by atoms with Gasteiger partial charge in [-0.3, -0.25) is 4.79 Å². The van der Waals surface area contributed by atoms with Gasteiger partial charge in [-0.2, -0.15) is 0 Å². The summed E-state index contributed by atoms with van der Waals surface area (Å²) in [4.78, 5) is 14.0. The second-order valence-electron chi connectivity index (χ2n) is 5.14. The number of carbonyl (C=O) groups excluding carboxylic acids is 1. The van der Waals surface area contributed by atoms with Gasteiger partial charge in [0.25, 0.3) is 0 Å². The third-order valence-electron chi connectivity index (χ3n) is 3.74. The van der Waals surface area contributed by atoms with Crippen LogP contribution in [0.4, 0.5) is 0 Å². The monoisotopic (exact) mass is 211 g/mol. The van der Waals surface area contributed by atoms with E-state index in [4.69, 9.17) is 5.73 Å². The van der Waals surface area contributed by atoms with Crippen LogP contribution < -0.4 is 11.1 Å². The van der Waals surface area contributed by atoms with E-state index in [1.54, 1.807) is 0 Å². The Labute approximate surface area is 91.2 Å². The Morgan fingerprint density at radius 1 is 1.60 bits per heavy atom. The van der Waals surface area contributed by atoms with Crippen LogP contribution in [0.1, 0.15) is 25.7 Å². The summed E-state index contributed by atoms with van der Waals surface area (Å²) in [5, 5.41) is 3.00. The predicted molar refractivity (Wildman–Crippen MR) is 59.4 cm³/mol. The molecule has 1 saturated carbocycles. The molecule has 4 nitrogen and oxygen atoms in total. The van der Waals surface area contributed by atoms with E-state index in [9.17, 15) is 4.79 Å². The van der Waals surface area contributed by atoms with Gasteiger partial charge in [0.2, 0.25) is 5.91 Å². The number of carbonyl (C=O) groups is 1. The SMILES string of the molecule is CN1CC[C@H](CNC(=O)C2(N)CCC2)C1. The Morgan fingerprint density at radius 2 is 2.33 bits per heavy atom. The molecule has 4 heteroatoms. The maximum absolute atomic E-state index is 11.7. The smallest absolute Gasteiger partial charge is 0.240 e. The van der Waals surface area contributed by atoms with E-state index in [1.807, 2.05) is 0 Å². The van der Waals surface area contributed by atoms with Gasteiger partial charge in [-0.05, 0) is 45.2 Å². The van der Waals surface area contributed by atoms with Crippen LogP contribution in [-0.2, 0) is 4.79 Å². The van der Waals surface area contributed by atoms with Crippen molar-refractivity contribution in [2.75, 3.05) is 26.7 Å². The number of hydrogen-bond donors (Lipinski definition) is 2. The first-order valence-electron chi connectivity index (χ1n) is 5.86. The summed E-state index contributed by atoms with van der Waals surface area (Å²) in [6.45, 7) is 3.04. The highest BCUT2D eigenvalue weighted by Crippen LogP contribution is 2.29. The Balaban J connectivity index is 1.71. The average Bonchev–Trinajstić information content (AvgIpc) is 2.57. The zero-order chi connectivity index (χ0) is 10.9. The number of hydrogen-bond acceptors (Lipinski definition) is 3. The molecular weight excluding hydrogens is 190 g/mol. The molecule has 0 unspecified atom stereocenters. The van der Waals surface area contributed by atoms with Crippen LogP contribution in [0.15, 0.2) is 0 Å². The largest absolute Gasteiger partial charge is 0.354 e. The summed E-state index contributed by atoms with van der Waals surface area (Å²) in [7, 11) is 2.12. The lowest BCUT2D eigenvalue weighted by molar-refractivity contribution is -0.129. The molecule has 1 aliphatic heterocycles. The molecular formula is C11H21N3O. The first kappa shape index (κ1) is 10.9. The molecule has 0 spiro atoms. The minimum absolute atomic E-state index is 0.0586. The van der Waals surface area contributed by atoms with Gasteiger partial charge in [-0.15, -0.1) is 0 Å². The van der Waals surface area contributed by atoms with Crippen LogP contribution in [0.25, 0.3) is 0 Å². The van der Waals surface area contributed by atoms with Gasteiger partial charge in [0.1, 0.15) is 0 Å². The molecule has 1 amide bonds. The molecule has 0 aromatic rings. The molecule has 1 atom stereocenters. The van der Waals surface area contributed by atoms with Gasteiger partial charge < -0.3 is 16.0 Å². The van der Waals surface area contributed by atoms with Crippen molar-refractivity contribution in [3.8, 4) is 0 Å². The summed E-state index contributed by atoms with van der Waals surface area (Å²) in [5.74, 6) is 0.672. The fraction of sp³-hybridized carbons (Fsp3) is 0.909. The second-order valence-corrected chi connectivity index (χ2v) is 5.14.